The molecule has 0 radical (unpaired) electrons. The number of amides is 2. The molecule has 0 saturated heterocycles. The van der Waals surface area contributed by atoms with Crippen molar-refractivity contribution in [1.29, 1.82) is 0 Å². The summed E-state index contributed by atoms with van der Waals surface area (Å²) >= 11 is 0. The Hall–Kier alpha value is -2.67. The van der Waals surface area contributed by atoms with Gasteiger partial charge in [0.1, 0.15) is 0 Å². The first-order chi connectivity index (χ1) is 12.9. The van der Waals surface area contributed by atoms with Gasteiger partial charge in [0.15, 0.2) is 9.84 Å². The number of nitrogens with zero attached hydrogens (tertiary/aromatic N) is 1. The average Bonchev–Trinajstić information content (AvgIpc) is 2.66. The molecular weight excluding hydrogens is 364 g/mol. The monoisotopic (exact) mass is 386 g/mol. The molecule has 0 spiro atoms. The van der Waals surface area contributed by atoms with E-state index in [2.05, 4.69) is 5.32 Å². The van der Waals surface area contributed by atoms with Crippen LogP contribution < -0.4 is 10.2 Å². The second-order valence-corrected chi connectivity index (χ2v) is 8.60. The van der Waals surface area contributed by atoms with Crippen molar-refractivity contribution in [2.75, 3.05) is 24.2 Å². The number of carbonyl (C=O) groups is 2. The molecule has 7 heteroatoms. The Morgan fingerprint density at radius 2 is 1.78 bits per heavy atom. The van der Waals surface area contributed by atoms with E-state index in [-0.39, 0.29) is 29.7 Å². The van der Waals surface area contributed by atoms with Crippen molar-refractivity contribution in [3.8, 4) is 0 Å². The maximum absolute atomic E-state index is 12.5. The van der Waals surface area contributed by atoms with Crippen LogP contribution in [-0.4, -0.2) is 39.6 Å². The summed E-state index contributed by atoms with van der Waals surface area (Å²) in [6, 6.07) is 13.6. The van der Waals surface area contributed by atoms with E-state index in [1.165, 1.54) is 29.8 Å². The third kappa shape index (κ3) is 4.54. The zero-order chi connectivity index (χ0) is 19.4. The molecule has 0 unspecified atom stereocenters. The van der Waals surface area contributed by atoms with E-state index in [4.69, 9.17) is 0 Å². The van der Waals surface area contributed by atoms with Gasteiger partial charge >= 0.3 is 0 Å². The molecule has 1 heterocycles. The van der Waals surface area contributed by atoms with Crippen molar-refractivity contribution in [2.45, 2.75) is 24.2 Å². The highest BCUT2D eigenvalue weighted by Crippen LogP contribution is 2.27. The first-order valence-corrected chi connectivity index (χ1v) is 10.7. The molecule has 0 aliphatic carbocycles. The Morgan fingerprint density at radius 1 is 1.07 bits per heavy atom. The van der Waals surface area contributed by atoms with Gasteiger partial charge in [0.05, 0.1) is 4.90 Å². The Bertz CT molecular complexity index is 952. The van der Waals surface area contributed by atoms with Crippen molar-refractivity contribution in [1.82, 2.24) is 5.32 Å². The lowest BCUT2D eigenvalue weighted by atomic mass is 10.0. The fourth-order valence-corrected chi connectivity index (χ4v) is 3.80. The minimum atomic E-state index is -3.29. The smallest absolute Gasteiger partial charge is 0.251 e. The molecule has 1 aliphatic rings. The van der Waals surface area contributed by atoms with Gasteiger partial charge in [-0.15, -0.1) is 0 Å². The summed E-state index contributed by atoms with van der Waals surface area (Å²) in [5.74, 6) is -0.350. The van der Waals surface area contributed by atoms with Gasteiger partial charge < -0.3 is 10.2 Å². The van der Waals surface area contributed by atoms with Crippen molar-refractivity contribution in [3.05, 3.63) is 59.7 Å². The lowest BCUT2D eigenvalue weighted by molar-refractivity contribution is -0.118. The second-order valence-electron chi connectivity index (χ2n) is 6.58. The van der Waals surface area contributed by atoms with Crippen LogP contribution in [0, 0.1) is 0 Å². The second kappa shape index (κ2) is 7.92. The minimum Gasteiger partial charge on any atom is -0.352 e. The molecule has 2 amide bonds. The predicted molar refractivity (Wildman–Crippen MR) is 104 cm³/mol. The number of fused-ring (bicyclic) bond motifs is 1. The van der Waals surface area contributed by atoms with Crippen molar-refractivity contribution in [3.63, 3.8) is 0 Å². The van der Waals surface area contributed by atoms with Crippen molar-refractivity contribution < 1.29 is 18.0 Å². The van der Waals surface area contributed by atoms with Crippen LogP contribution in [0.15, 0.2) is 53.4 Å². The highest BCUT2D eigenvalue weighted by atomic mass is 32.2. The van der Waals surface area contributed by atoms with Crippen LogP contribution >= 0.6 is 0 Å². The molecular formula is C20H22N2O4S. The standard InChI is InChI=1S/C20H22N2O4S/c1-27(25,26)17-10-8-16(9-11-17)20(24)21-13-12-19(23)22-14-4-6-15-5-2-3-7-18(15)22/h2-3,5,7-11H,4,6,12-14H2,1H3,(H,21,24). The highest BCUT2D eigenvalue weighted by molar-refractivity contribution is 7.90. The van der Waals surface area contributed by atoms with E-state index in [0.29, 0.717) is 12.1 Å². The predicted octanol–water partition coefficient (Wildman–Crippen LogP) is 2.19. The molecule has 0 atom stereocenters. The molecule has 0 saturated carbocycles. The van der Waals surface area contributed by atoms with Gasteiger partial charge in [-0.25, -0.2) is 8.42 Å². The highest BCUT2D eigenvalue weighted by Gasteiger charge is 2.21. The van der Waals surface area contributed by atoms with Gasteiger partial charge in [-0.05, 0) is 48.7 Å². The summed E-state index contributed by atoms with van der Waals surface area (Å²) in [6.45, 7) is 0.918. The lowest BCUT2D eigenvalue weighted by Crippen LogP contribution is -2.37. The molecule has 1 N–H and O–H groups in total. The molecule has 142 valence electrons. The number of sulfone groups is 1. The lowest BCUT2D eigenvalue weighted by Gasteiger charge is -2.29. The molecule has 27 heavy (non-hydrogen) atoms. The number of carbonyl (C=O) groups excluding carboxylic acids is 2. The molecule has 0 bridgehead atoms. The Balaban J connectivity index is 1.55. The average molecular weight is 386 g/mol. The van der Waals surface area contributed by atoms with Gasteiger partial charge in [-0.3, -0.25) is 9.59 Å². The third-order valence-electron chi connectivity index (χ3n) is 4.58. The van der Waals surface area contributed by atoms with E-state index in [9.17, 15) is 18.0 Å². The molecule has 6 nitrogen and oxygen atoms in total. The Labute approximate surface area is 159 Å². The molecule has 0 fully saturated rings. The van der Waals surface area contributed by atoms with Crippen molar-refractivity contribution >= 4 is 27.3 Å². The number of nitrogens with one attached hydrogen (secondary N) is 1. The molecule has 2 aromatic rings. The topological polar surface area (TPSA) is 83.5 Å². The van der Waals surface area contributed by atoms with Crippen LogP contribution in [-0.2, 0) is 21.1 Å². The van der Waals surface area contributed by atoms with Gasteiger partial charge in [0.25, 0.3) is 5.91 Å². The van der Waals surface area contributed by atoms with Crippen LogP contribution in [0.1, 0.15) is 28.8 Å². The van der Waals surface area contributed by atoms with Gasteiger partial charge in [-0.2, -0.15) is 0 Å². The maximum Gasteiger partial charge on any atom is 0.251 e. The van der Waals surface area contributed by atoms with E-state index in [0.717, 1.165) is 24.8 Å². The number of anilines is 1. The molecule has 0 aromatic heterocycles. The molecule has 3 rings (SSSR count). The first kappa shape index (κ1) is 19.1. The maximum atomic E-state index is 12.5. The van der Waals surface area contributed by atoms with Crippen LogP contribution in [0.3, 0.4) is 0 Å². The van der Waals surface area contributed by atoms with E-state index < -0.39 is 9.84 Å². The van der Waals surface area contributed by atoms with E-state index >= 15 is 0 Å². The summed E-state index contributed by atoms with van der Waals surface area (Å²) in [4.78, 5) is 26.7. The quantitative estimate of drug-likeness (QED) is 0.854. The summed E-state index contributed by atoms with van der Waals surface area (Å²) in [7, 11) is -3.29. The normalized spacial score (nSPS) is 13.7. The fraction of sp³-hybridized carbons (Fsp3) is 0.300. The number of rotatable bonds is 5. The Kier molecular flexibility index (Phi) is 5.60. The SMILES string of the molecule is CS(=O)(=O)c1ccc(C(=O)NCCC(=O)N2CCCc3ccccc32)cc1. The Morgan fingerprint density at radius 3 is 2.48 bits per heavy atom. The molecule has 2 aromatic carbocycles. The van der Waals surface area contributed by atoms with Crippen LogP contribution in [0.5, 0.6) is 0 Å². The van der Waals surface area contributed by atoms with Gasteiger partial charge in [-0.1, -0.05) is 18.2 Å². The van der Waals surface area contributed by atoms with Crippen LogP contribution in [0.25, 0.3) is 0 Å². The summed E-state index contributed by atoms with van der Waals surface area (Å²) in [6.07, 6.45) is 3.23. The zero-order valence-electron chi connectivity index (χ0n) is 15.1. The van der Waals surface area contributed by atoms with E-state index in [1.54, 1.807) is 4.90 Å². The number of hydrogen-bond donors (Lipinski definition) is 1. The van der Waals surface area contributed by atoms with Crippen molar-refractivity contribution in [2.24, 2.45) is 0 Å². The van der Waals surface area contributed by atoms with Crippen LogP contribution in [0.4, 0.5) is 5.69 Å². The summed E-state index contributed by atoms with van der Waals surface area (Å²) < 4.78 is 22.9. The number of aryl methyl sites for hydroxylation is 1. The third-order valence-corrected chi connectivity index (χ3v) is 5.71. The minimum absolute atomic E-state index is 0.0186. The largest absolute Gasteiger partial charge is 0.352 e. The number of para-hydroxylation sites is 1. The number of benzene rings is 2. The van der Waals surface area contributed by atoms with Gasteiger partial charge in [0, 0.05) is 37.0 Å². The zero-order valence-corrected chi connectivity index (χ0v) is 16.0. The fourth-order valence-electron chi connectivity index (χ4n) is 3.17. The summed E-state index contributed by atoms with van der Waals surface area (Å²) in [5.41, 5.74) is 2.49. The number of hydrogen-bond acceptors (Lipinski definition) is 4. The first-order valence-electron chi connectivity index (χ1n) is 8.83. The molecule has 1 aliphatic heterocycles. The van der Waals surface area contributed by atoms with Gasteiger partial charge in [0.2, 0.25) is 5.91 Å². The van der Waals surface area contributed by atoms with Crippen LogP contribution in [0.2, 0.25) is 0 Å². The summed E-state index contributed by atoms with van der Waals surface area (Å²) in [5, 5.41) is 2.72. The van der Waals surface area contributed by atoms with E-state index in [1.807, 2.05) is 24.3 Å².